The second-order valence-electron chi connectivity index (χ2n) is 4.86. The van der Waals surface area contributed by atoms with Crippen LogP contribution in [0.25, 0.3) is 0 Å². The number of amides is 1. The molecule has 4 N–H and O–H groups in total. The molecule has 2 unspecified atom stereocenters. The maximum absolute atomic E-state index is 11.8. The van der Waals surface area contributed by atoms with Crippen LogP contribution in [0.3, 0.4) is 0 Å². The highest BCUT2D eigenvalue weighted by Crippen LogP contribution is 2.18. The zero-order valence-corrected chi connectivity index (χ0v) is 11.8. The van der Waals surface area contributed by atoms with Gasteiger partial charge in [-0.05, 0) is 12.1 Å². The first-order chi connectivity index (χ1) is 10.1. The van der Waals surface area contributed by atoms with Crippen LogP contribution in [0.4, 0.5) is 5.69 Å². The molecule has 7 heteroatoms. The summed E-state index contributed by atoms with van der Waals surface area (Å²) in [5.41, 5.74) is 1.19. The molecule has 1 saturated heterocycles. The van der Waals surface area contributed by atoms with Crippen molar-refractivity contribution in [3.05, 3.63) is 24.0 Å². The van der Waals surface area contributed by atoms with Crippen molar-refractivity contribution in [3.63, 3.8) is 0 Å². The van der Waals surface area contributed by atoms with E-state index in [1.807, 2.05) is 0 Å². The van der Waals surface area contributed by atoms with E-state index in [9.17, 15) is 4.79 Å². The maximum atomic E-state index is 11.8. The van der Waals surface area contributed by atoms with Crippen molar-refractivity contribution >= 4 is 23.5 Å². The van der Waals surface area contributed by atoms with Gasteiger partial charge >= 0.3 is 0 Å². The Hall–Kier alpha value is -2.12. The molecule has 1 aromatic rings. The Labute approximate surface area is 123 Å². The first-order valence-electron chi connectivity index (χ1n) is 6.80. The van der Waals surface area contributed by atoms with Gasteiger partial charge in [-0.15, -0.1) is 0 Å². The fraction of sp³-hybridized carbons (Fsp3) is 0.429. The first-order valence-corrected chi connectivity index (χ1v) is 6.80. The molecule has 0 bridgehead atoms. The molecule has 21 heavy (non-hydrogen) atoms. The summed E-state index contributed by atoms with van der Waals surface area (Å²) in [4.78, 5) is 16.1. The third-order valence-electron chi connectivity index (χ3n) is 3.25. The number of nitrogens with zero attached hydrogens (tertiary/aromatic N) is 1. The van der Waals surface area contributed by atoms with Crippen molar-refractivity contribution < 1.29 is 9.53 Å². The summed E-state index contributed by atoms with van der Waals surface area (Å²) in [5.74, 6) is -1.02. The number of hydrogen-bond donors (Lipinski definition) is 4. The summed E-state index contributed by atoms with van der Waals surface area (Å²) in [6.45, 7) is 3.85. The van der Waals surface area contributed by atoms with Gasteiger partial charge in [-0.1, -0.05) is 6.92 Å². The summed E-state index contributed by atoms with van der Waals surface area (Å²) >= 11 is 0. The molecule has 0 saturated carbocycles. The molecule has 1 aliphatic heterocycles. The quantitative estimate of drug-likeness (QED) is 0.606. The van der Waals surface area contributed by atoms with Crippen LogP contribution >= 0.6 is 0 Å². The average molecular weight is 289 g/mol. The molecular formula is C14H19N5O2. The van der Waals surface area contributed by atoms with Gasteiger partial charge in [0.2, 0.25) is 0 Å². The van der Waals surface area contributed by atoms with E-state index in [0.29, 0.717) is 12.3 Å². The molecule has 2 atom stereocenters. The van der Waals surface area contributed by atoms with Crippen molar-refractivity contribution in [2.75, 3.05) is 25.0 Å². The lowest BCUT2D eigenvalue weighted by atomic mass is 10.1. The number of carbonyl (C=O) groups excluding carboxylic acids is 1. The Morgan fingerprint density at radius 1 is 1.62 bits per heavy atom. The Morgan fingerprint density at radius 2 is 2.43 bits per heavy atom. The SMILES string of the molecule is CC(C=N)C(=N)C(=O)Nc1ccc(C2CNCCO2)nc1. The van der Waals surface area contributed by atoms with E-state index < -0.39 is 11.8 Å². The van der Waals surface area contributed by atoms with E-state index in [4.69, 9.17) is 15.6 Å². The molecule has 1 amide bonds. The normalized spacial score (nSPS) is 19.6. The van der Waals surface area contributed by atoms with Gasteiger partial charge in [-0.25, -0.2) is 0 Å². The van der Waals surface area contributed by atoms with Crippen LogP contribution in [0.2, 0.25) is 0 Å². The number of aromatic nitrogens is 1. The number of nitrogens with one attached hydrogen (secondary N) is 4. The van der Waals surface area contributed by atoms with E-state index in [2.05, 4.69) is 15.6 Å². The molecule has 1 fully saturated rings. The predicted octanol–water partition coefficient (Wildman–Crippen LogP) is 0.986. The second-order valence-corrected chi connectivity index (χ2v) is 4.86. The summed E-state index contributed by atoms with van der Waals surface area (Å²) in [7, 11) is 0. The Morgan fingerprint density at radius 3 is 3.00 bits per heavy atom. The number of ether oxygens (including phenoxy) is 1. The summed E-state index contributed by atoms with van der Waals surface area (Å²) < 4.78 is 5.60. The lowest BCUT2D eigenvalue weighted by Gasteiger charge is -2.23. The smallest absolute Gasteiger partial charge is 0.270 e. The van der Waals surface area contributed by atoms with Gasteiger partial charge in [0.15, 0.2) is 0 Å². The van der Waals surface area contributed by atoms with Gasteiger partial charge in [0.25, 0.3) is 5.91 Å². The fourth-order valence-corrected chi connectivity index (χ4v) is 1.91. The molecule has 1 aliphatic rings. The van der Waals surface area contributed by atoms with E-state index in [-0.39, 0.29) is 11.8 Å². The lowest BCUT2D eigenvalue weighted by molar-refractivity contribution is -0.110. The standard InChI is InChI=1S/C14H19N5O2/c1-9(6-15)13(16)14(20)19-10-2-3-11(18-7-10)12-8-17-4-5-21-12/h2-3,6-7,9,12,15-17H,4-5,8H2,1H3,(H,19,20). The Bertz CT molecular complexity index is 523. The minimum Gasteiger partial charge on any atom is -0.369 e. The number of carbonyl (C=O) groups is 1. The fourth-order valence-electron chi connectivity index (χ4n) is 1.91. The minimum atomic E-state index is -0.517. The van der Waals surface area contributed by atoms with E-state index in [0.717, 1.165) is 25.0 Å². The monoisotopic (exact) mass is 289 g/mol. The number of morpholine rings is 1. The highest BCUT2D eigenvalue weighted by atomic mass is 16.5. The van der Waals surface area contributed by atoms with Crippen molar-refractivity contribution in [1.82, 2.24) is 10.3 Å². The van der Waals surface area contributed by atoms with Crippen molar-refractivity contribution in [3.8, 4) is 0 Å². The molecule has 0 spiro atoms. The number of hydrogen-bond acceptors (Lipinski definition) is 6. The van der Waals surface area contributed by atoms with Crippen molar-refractivity contribution in [2.45, 2.75) is 13.0 Å². The lowest BCUT2D eigenvalue weighted by Crippen LogP contribution is -2.33. The highest BCUT2D eigenvalue weighted by molar-refractivity contribution is 6.44. The summed E-state index contributed by atoms with van der Waals surface area (Å²) in [6.07, 6.45) is 2.55. The van der Waals surface area contributed by atoms with E-state index in [1.165, 1.54) is 0 Å². The molecule has 0 radical (unpaired) electrons. The van der Waals surface area contributed by atoms with Gasteiger partial charge in [0.05, 0.1) is 24.2 Å². The van der Waals surface area contributed by atoms with Crippen LogP contribution in [-0.2, 0) is 9.53 Å². The molecule has 2 heterocycles. The van der Waals surface area contributed by atoms with Gasteiger partial charge in [-0.2, -0.15) is 0 Å². The Balaban J connectivity index is 1.97. The molecule has 2 rings (SSSR count). The maximum Gasteiger partial charge on any atom is 0.270 e. The van der Waals surface area contributed by atoms with Crippen LogP contribution in [0, 0.1) is 16.7 Å². The Kier molecular flexibility index (Phi) is 5.13. The van der Waals surface area contributed by atoms with E-state index >= 15 is 0 Å². The van der Waals surface area contributed by atoms with Crippen LogP contribution in [0.15, 0.2) is 18.3 Å². The molecular weight excluding hydrogens is 270 g/mol. The second kappa shape index (κ2) is 7.05. The predicted molar refractivity (Wildman–Crippen MR) is 80.1 cm³/mol. The molecule has 7 nitrogen and oxygen atoms in total. The van der Waals surface area contributed by atoms with Crippen LogP contribution in [0.1, 0.15) is 18.7 Å². The van der Waals surface area contributed by atoms with Gasteiger partial charge in [0.1, 0.15) is 11.8 Å². The minimum absolute atomic E-state index is 0.0697. The number of anilines is 1. The molecule has 112 valence electrons. The average Bonchev–Trinajstić information content (AvgIpc) is 2.54. The van der Waals surface area contributed by atoms with Crippen LogP contribution < -0.4 is 10.6 Å². The summed E-state index contributed by atoms with van der Waals surface area (Å²) in [5, 5.41) is 20.5. The first kappa shape index (κ1) is 15.3. The number of rotatable bonds is 5. The zero-order chi connectivity index (χ0) is 15.2. The molecule has 1 aromatic heterocycles. The van der Waals surface area contributed by atoms with Gasteiger partial charge in [0, 0.05) is 25.2 Å². The third-order valence-corrected chi connectivity index (χ3v) is 3.25. The van der Waals surface area contributed by atoms with Gasteiger partial charge in [-0.3, -0.25) is 15.2 Å². The van der Waals surface area contributed by atoms with Crippen molar-refractivity contribution in [1.29, 1.82) is 10.8 Å². The van der Waals surface area contributed by atoms with Crippen LogP contribution in [0.5, 0.6) is 0 Å². The third kappa shape index (κ3) is 3.93. The topological polar surface area (TPSA) is 111 Å². The largest absolute Gasteiger partial charge is 0.369 e. The molecule has 0 aliphatic carbocycles. The summed E-state index contributed by atoms with van der Waals surface area (Å²) in [6, 6.07) is 3.54. The number of pyridine rings is 1. The van der Waals surface area contributed by atoms with E-state index in [1.54, 1.807) is 25.3 Å². The van der Waals surface area contributed by atoms with Crippen LogP contribution in [-0.4, -0.2) is 42.5 Å². The highest BCUT2D eigenvalue weighted by Gasteiger charge is 2.18. The molecule has 0 aromatic carbocycles. The van der Waals surface area contributed by atoms with Gasteiger partial charge < -0.3 is 20.8 Å². The zero-order valence-electron chi connectivity index (χ0n) is 11.8. The van der Waals surface area contributed by atoms with Crippen molar-refractivity contribution in [2.24, 2.45) is 5.92 Å².